The van der Waals surface area contributed by atoms with Crippen molar-refractivity contribution in [1.82, 2.24) is 0 Å². The number of nitrogens with one attached hydrogen (secondary N) is 1. The summed E-state index contributed by atoms with van der Waals surface area (Å²) < 4.78 is 11.8. The molecule has 94 valence electrons. The molecule has 3 N–H and O–H groups in total. The molecule has 0 spiro atoms. The highest BCUT2D eigenvalue weighted by Gasteiger charge is 2.11. The summed E-state index contributed by atoms with van der Waals surface area (Å²) in [6.45, 7) is 5.03. The summed E-state index contributed by atoms with van der Waals surface area (Å²) in [6, 6.07) is 5.42. The predicted octanol–water partition coefficient (Wildman–Crippen LogP) is 2.54. The zero-order valence-corrected chi connectivity index (χ0v) is 11.6. The SMILES string of the molecule is CCOCC(C)Oc1ccc(Br)cc1C(=N)N. The minimum Gasteiger partial charge on any atom is -0.488 e. The van der Waals surface area contributed by atoms with E-state index in [0.29, 0.717) is 24.5 Å². The minimum atomic E-state index is -0.0748. The highest BCUT2D eigenvalue weighted by molar-refractivity contribution is 9.10. The third-order valence-corrected chi connectivity index (χ3v) is 2.61. The molecular formula is C12H17BrN2O2. The Morgan fingerprint density at radius 2 is 2.24 bits per heavy atom. The molecule has 1 rings (SSSR count). The first kappa shape index (κ1) is 14.0. The highest BCUT2D eigenvalue weighted by atomic mass is 79.9. The van der Waals surface area contributed by atoms with Gasteiger partial charge in [0.05, 0.1) is 12.2 Å². The lowest BCUT2D eigenvalue weighted by molar-refractivity contribution is 0.0656. The molecule has 1 aromatic carbocycles. The Morgan fingerprint density at radius 1 is 1.53 bits per heavy atom. The van der Waals surface area contributed by atoms with Crippen LogP contribution in [0.2, 0.25) is 0 Å². The fourth-order valence-electron chi connectivity index (χ4n) is 1.35. The first-order valence-electron chi connectivity index (χ1n) is 5.43. The molecule has 0 radical (unpaired) electrons. The van der Waals surface area contributed by atoms with Gasteiger partial charge < -0.3 is 15.2 Å². The van der Waals surface area contributed by atoms with Crippen molar-refractivity contribution >= 4 is 21.8 Å². The molecule has 17 heavy (non-hydrogen) atoms. The molecule has 0 fully saturated rings. The van der Waals surface area contributed by atoms with E-state index in [0.717, 1.165) is 4.47 Å². The normalized spacial score (nSPS) is 12.2. The van der Waals surface area contributed by atoms with E-state index in [9.17, 15) is 0 Å². The number of nitrogen functional groups attached to an aromatic ring is 1. The minimum absolute atomic E-state index is 0.00934. The van der Waals surface area contributed by atoms with E-state index in [1.807, 2.05) is 19.9 Å². The number of rotatable bonds is 6. The molecule has 1 atom stereocenters. The second kappa shape index (κ2) is 6.61. The molecule has 0 amide bonds. The fourth-order valence-corrected chi connectivity index (χ4v) is 1.71. The van der Waals surface area contributed by atoms with Gasteiger partial charge in [0.2, 0.25) is 0 Å². The summed E-state index contributed by atoms with van der Waals surface area (Å²) in [5.41, 5.74) is 6.10. The van der Waals surface area contributed by atoms with Gasteiger partial charge in [-0.3, -0.25) is 5.41 Å². The fraction of sp³-hybridized carbons (Fsp3) is 0.417. The van der Waals surface area contributed by atoms with Gasteiger partial charge in [0, 0.05) is 11.1 Å². The van der Waals surface area contributed by atoms with E-state index < -0.39 is 0 Å². The maximum Gasteiger partial charge on any atom is 0.130 e. The van der Waals surface area contributed by atoms with Gasteiger partial charge in [-0.25, -0.2) is 0 Å². The summed E-state index contributed by atoms with van der Waals surface area (Å²) >= 11 is 3.34. The van der Waals surface area contributed by atoms with E-state index in [1.165, 1.54) is 0 Å². The highest BCUT2D eigenvalue weighted by Crippen LogP contribution is 2.23. The van der Waals surface area contributed by atoms with Crippen molar-refractivity contribution in [2.75, 3.05) is 13.2 Å². The molecule has 0 aliphatic carbocycles. The summed E-state index contributed by atoms with van der Waals surface area (Å²) in [4.78, 5) is 0. The van der Waals surface area contributed by atoms with Crippen molar-refractivity contribution in [3.05, 3.63) is 28.2 Å². The maximum absolute atomic E-state index is 7.50. The van der Waals surface area contributed by atoms with Crippen LogP contribution < -0.4 is 10.5 Å². The van der Waals surface area contributed by atoms with Crippen LogP contribution in [0, 0.1) is 5.41 Å². The molecule has 0 aromatic heterocycles. The zero-order chi connectivity index (χ0) is 12.8. The monoisotopic (exact) mass is 300 g/mol. The van der Waals surface area contributed by atoms with Crippen molar-refractivity contribution < 1.29 is 9.47 Å². The van der Waals surface area contributed by atoms with Crippen molar-refractivity contribution in [3.63, 3.8) is 0 Å². The average Bonchev–Trinajstić information content (AvgIpc) is 2.28. The van der Waals surface area contributed by atoms with Gasteiger partial charge in [0.1, 0.15) is 17.7 Å². The molecule has 0 bridgehead atoms. The van der Waals surface area contributed by atoms with Gasteiger partial charge in [0.15, 0.2) is 0 Å². The molecule has 1 aromatic rings. The van der Waals surface area contributed by atoms with E-state index in [1.54, 1.807) is 12.1 Å². The molecule has 1 unspecified atom stereocenters. The molecule has 0 saturated heterocycles. The van der Waals surface area contributed by atoms with Crippen LogP contribution in [0.1, 0.15) is 19.4 Å². The molecular weight excluding hydrogens is 284 g/mol. The predicted molar refractivity (Wildman–Crippen MR) is 71.7 cm³/mol. The Bertz CT molecular complexity index is 396. The Balaban J connectivity index is 2.79. The van der Waals surface area contributed by atoms with E-state index in [2.05, 4.69) is 15.9 Å². The lowest BCUT2D eigenvalue weighted by Gasteiger charge is -2.17. The first-order chi connectivity index (χ1) is 8.04. The van der Waals surface area contributed by atoms with Crippen LogP contribution in [0.4, 0.5) is 0 Å². The number of halogens is 1. The second-order valence-corrected chi connectivity index (χ2v) is 4.56. The second-order valence-electron chi connectivity index (χ2n) is 3.64. The molecule has 0 aliphatic rings. The van der Waals surface area contributed by atoms with Crippen molar-refractivity contribution in [2.45, 2.75) is 20.0 Å². The van der Waals surface area contributed by atoms with Gasteiger partial charge in [-0.05, 0) is 32.0 Å². The third-order valence-electron chi connectivity index (χ3n) is 2.12. The molecule has 0 aliphatic heterocycles. The van der Waals surface area contributed by atoms with E-state index in [-0.39, 0.29) is 11.9 Å². The Kier molecular flexibility index (Phi) is 5.44. The van der Waals surface area contributed by atoms with Crippen molar-refractivity contribution in [3.8, 4) is 5.75 Å². The molecule has 5 heteroatoms. The van der Waals surface area contributed by atoms with Gasteiger partial charge in [-0.15, -0.1) is 0 Å². The zero-order valence-electron chi connectivity index (χ0n) is 10.00. The van der Waals surface area contributed by atoms with Gasteiger partial charge in [0.25, 0.3) is 0 Å². The summed E-state index contributed by atoms with van der Waals surface area (Å²) in [5.74, 6) is 0.595. The quantitative estimate of drug-likeness (QED) is 0.626. The van der Waals surface area contributed by atoms with Crippen LogP contribution >= 0.6 is 15.9 Å². The largest absolute Gasteiger partial charge is 0.488 e. The molecule has 0 heterocycles. The standard InChI is InChI=1S/C12H17BrN2O2/c1-3-16-7-8(2)17-11-5-4-9(13)6-10(11)12(14)15/h4-6,8H,3,7H2,1-2H3,(H3,14,15). The van der Waals surface area contributed by atoms with Gasteiger partial charge in [-0.2, -0.15) is 0 Å². The number of ether oxygens (including phenoxy) is 2. The van der Waals surface area contributed by atoms with Crippen LogP contribution in [-0.4, -0.2) is 25.2 Å². The van der Waals surface area contributed by atoms with Gasteiger partial charge in [-0.1, -0.05) is 15.9 Å². The van der Waals surface area contributed by atoms with Crippen LogP contribution in [0.5, 0.6) is 5.75 Å². The van der Waals surface area contributed by atoms with Crippen molar-refractivity contribution in [2.24, 2.45) is 5.73 Å². The molecule has 4 nitrogen and oxygen atoms in total. The smallest absolute Gasteiger partial charge is 0.130 e. The van der Waals surface area contributed by atoms with Crippen LogP contribution in [0.3, 0.4) is 0 Å². The van der Waals surface area contributed by atoms with Crippen LogP contribution in [0.15, 0.2) is 22.7 Å². The first-order valence-corrected chi connectivity index (χ1v) is 6.22. The lowest BCUT2D eigenvalue weighted by atomic mass is 10.2. The van der Waals surface area contributed by atoms with E-state index >= 15 is 0 Å². The van der Waals surface area contributed by atoms with Gasteiger partial charge >= 0.3 is 0 Å². The average molecular weight is 301 g/mol. The Labute approximate surface area is 110 Å². The summed E-state index contributed by atoms with van der Waals surface area (Å²) in [7, 11) is 0. The summed E-state index contributed by atoms with van der Waals surface area (Å²) in [5, 5.41) is 7.50. The van der Waals surface area contributed by atoms with Crippen molar-refractivity contribution in [1.29, 1.82) is 5.41 Å². The topological polar surface area (TPSA) is 68.3 Å². The number of benzene rings is 1. The number of nitrogens with two attached hydrogens (primary N) is 1. The van der Waals surface area contributed by atoms with E-state index in [4.69, 9.17) is 20.6 Å². The van der Waals surface area contributed by atoms with Crippen LogP contribution in [-0.2, 0) is 4.74 Å². The number of hydrogen-bond donors (Lipinski definition) is 2. The van der Waals surface area contributed by atoms with Crippen LogP contribution in [0.25, 0.3) is 0 Å². The Morgan fingerprint density at radius 3 is 2.82 bits per heavy atom. The third kappa shape index (κ3) is 4.36. The summed E-state index contributed by atoms with van der Waals surface area (Å²) in [6.07, 6.45) is -0.0748. The maximum atomic E-state index is 7.50. The lowest BCUT2D eigenvalue weighted by Crippen LogP contribution is -2.21. The number of hydrogen-bond acceptors (Lipinski definition) is 3. The number of amidine groups is 1. The Hall–Kier alpha value is -1.07. The molecule has 0 saturated carbocycles.